The molecule has 1 amide bonds. The van der Waals surface area contributed by atoms with Gasteiger partial charge in [0.15, 0.2) is 11.0 Å². The Morgan fingerprint density at radius 2 is 2.00 bits per heavy atom. The number of aromatic nitrogens is 3. The van der Waals surface area contributed by atoms with Crippen LogP contribution in [0.15, 0.2) is 29.4 Å². The topological polar surface area (TPSA) is 69.5 Å². The molecule has 7 nitrogen and oxygen atoms in total. The van der Waals surface area contributed by atoms with Crippen LogP contribution in [-0.2, 0) is 18.4 Å². The predicted octanol–water partition coefficient (Wildman–Crippen LogP) is 2.12. The Bertz CT molecular complexity index is 728. The summed E-state index contributed by atoms with van der Waals surface area (Å²) < 4.78 is 12.8. The van der Waals surface area contributed by atoms with E-state index in [0.29, 0.717) is 23.9 Å². The van der Waals surface area contributed by atoms with Crippen molar-refractivity contribution in [3.63, 3.8) is 0 Å². The Balaban J connectivity index is 1.54. The van der Waals surface area contributed by atoms with E-state index >= 15 is 0 Å². The van der Waals surface area contributed by atoms with Crippen LogP contribution in [0.5, 0.6) is 11.5 Å². The molecule has 1 aliphatic heterocycles. The SMILES string of the molecule is COc1cccc(OCc2nnc(SCC(=O)N3CCCC3)n2C)c1. The Morgan fingerprint density at radius 1 is 1.24 bits per heavy atom. The number of amides is 1. The summed E-state index contributed by atoms with van der Waals surface area (Å²) in [5.41, 5.74) is 0. The molecule has 8 heteroatoms. The lowest BCUT2D eigenvalue weighted by atomic mass is 10.3. The van der Waals surface area contributed by atoms with E-state index in [1.807, 2.05) is 40.8 Å². The number of benzene rings is 1. The average Bonchev–Trinajstić information content (AvgIpc) is 3.29. The van der Waals surface area contributed by atoms with E-state index in [4.69, 9.17) is 9.47 Å². The largest absolute Gasteiger partial charge is 0.497 e. The number of likely N-dealkylation sites (tertiary alicyclic amines) is 1. The third kappa shape index (κ3) is 4.45. The zero-order chi connectivity index (χ0) is 17.6. The van der Waals surface area contributed by atoms with Gasteiger partial charge in [-0.05, 0) is 25.0 Å². The Hall–Kier alpha value is -2.22. The van der Waals surface area contributed by atoms with Gasteiger partial charge in [0.25, 0.3) is 0 Å². The maximum absolute atomic E-state index is 12.1. The van der Waals surface area contributed by atoms with E-state index in [-0.39, 0.29) is 5.91 Å². The molecule has 0 N–H and O–H groups in total. The van der Waals surface area contributed by atoms with E-state index in [9.17, 15) is 4.79 Å². The molecule has 25 heavy (non-hydrogen) atoms. The molecule has 0 radical (unpaired) electrons. The van der Waals surface area contributed by atoms with E-state index < -0.39 is 0 Å². The highest BCUT2D eigenvalue weighted by Crippen LogP contribution is 2.21. The molecule has 0 unspecified atom stereocenters. The monoisotopic (exact) mass is 362 g/mol. The molecule has 3 rings (SSSR count). The van der Waals surface area contributed by atoms with Gasteiger partial charge in [0.05, 0.1) is 12.9 Å². The van der Waals surface area contributed by atoms with Crippen molar-refractivity contribution < 1.29 is 14.3 Å². The minimum atomic E-state index is 0.166. The van der Waals surface area contributed by atoms with Gasteiger partial charge in [-0.3, -0.25) is 4.79 Å². The lowest BCUT2D eigenvalue weighted by molar-refractivity contribution is -0.127. The van der Waals surface area contributed by atoms with Crippen molar-refractivity contribution in [3.05, 3.63) is 30.1 Å². The van der Waals surface area contributed by atoms with Crippen LogP contribution in [0.1, 0.15) is 18.7 Å². The smallest absolute Gasteiger partial charge is 0.233 e. The van der Waals surface area contributed by atoms with Crippen LogP contribution >= 0.6 is 11.8 Å². The van der Waals surface area contributed by atoms with Gasteiger partial charge in [0.1, 0.15) is 18.1 Å². The lowest BCUT2D eigenvalue weighted by Crippen LogP contribution is -2.29. The highest BCUT2D eigenvalue weighted by molar-refractivity contribution is 7.99. The molecule has 0 atom stereocenters. The number of ether oxygens (including phenoxy) is 2. The summed E-state index contributed by atoms with van der Waals surface area (Å²) in [6, 6.07) is 7.42. The maximum Gasteiger partial charge on any atom is 0.233 e. The molecule has 134 valence electrons. The minimum absolute atomic E-state index is 0.166. The first-order chi connectivity index (χ1) is 12.2. The fourth-order valence-corrected chi connectivity index (χ4v) is 3.45. The number of methoxy groups -OCH3 is 1. The van der Waals surface area contributed by atoms with Crippen molar-refractivity contribution in [2.75, 3.05) is 26.0 Å². The zero-order valence-corrected chi connectivity index (χ0v) is 15.3. The number of nitrogens with zero attached hydrogens (tertiary/aromatic N) is 4. The number of thioether (sulfide) groups is 1. The van der Waals surface area contributed by atoms with Crippen molar-refractivity contribution in [2.24, 2.45) is 7.05 Å². The lowest BCUT2D eigenvalue weighted by Gasteiger charge is -2.14. The van der Waals surface area contributed by atoms with Gasteiger partial charge in [0, 0.05) is 26.2 Å². The highest BCUT2D eigenvalue weighted by atomic mass is 32.2. The van der Waals surface area contributed by atoms with Crippen LogP contribution < -0.4 is 9.47 Å². The van der Waals surface area contributed by atoms with Crippen molar-refractivity contribution >= 4 is 17.7 Å². The van der Waals surface area contributed by atoms with Crippen molar-refractivity contribution in [1.82, 2.24) is 19.7 Å². The second-order valence-corrected chi connectivity index (χ2v) is 6.74. The number of hydrogen-bond acceptors (Lipinski definition) is 6. The third-order valence-corrected chi connectivity index (χ3v) is 5.12. The van der Waals surface area contributed by atoms with E-state index in [0.717, 1.165) is 36.8 Å². The molecule has 1 aromatic carbocycles. The van der Waals surface area contributed by atoms with Crippen molar-refractivity contribution in [3.8, 4) is 11.5 Å². The first-order valence-electron chi connectivity index (χ1n) is 8.23. The Kier molecular flexibility index (Phi) is 5.80. The number of rotatable bonds is 7. The first-order valence-corrected chi connectivity index (χ1v) is 9.21. The Labute approximate surface area is 151 Å². The van der Waals surface area contributed by atoms with E-state index in [2.05, 4.69) is 10.2 Å². The summed E-state index contributed by atoms with van der Waals surface area (Å²) >= 11 is 1.41. The summed E-state index contributed by atoms with van der Waals surface area (Å²) in [5.74, 6) is 2.72. The van der Waals surface area contributed by atoms with Crippen LogP contribution in [0, 0.1) is 0 Å². The van der Waals surface area contributed by atoms with Crippen LogP contribution in [0.3, 0.4) is 0 Å². The van der Waals surface area contributed by atoms with Gasteiger partial charge in [-0.2, -0.15) is 0 Å². The fraction of sp³-hybridized carbons (Fsp3) is 0.471. The molecule has 0 bridgehead atoms. The number of carbonyl (C=O) groups is 1. The van der Waals surface area contributed by atoms with Crippen LogP contribution in [0.25, 0.3) is 0 Å². The molecule has 1 saturated heterocycles. The molecule has 0 aliphatic carbocycles. The van der Waals surface area contributed by atoms with Gasteiger partial charge in [-0.25, -0.2) is 0 Å². The van der Waals surface area contributed by atoms with Crippen molar-refractivity contribution in [2.45, 2.75) is 24.6 Å². The summed E-state index contributed by atoms with van der Waals surface area (Å²) in [6.45, 7) is 2.05. The third-order valence-electron chi connectivity index (χ3n) is 4.12. The van der Waals surface area contributed by atoms with Crippen LogP contribution in [0.4, 0.5) is 0 Å². The summed E-state index contributed by atoms with van der Waals surface area (Å²) in [5, 5.41) is 9.04. The molecule has 2 aromatic rings. The Morgan fingerprint density at radius 3 is 2.76 bits per heavy atom. The molecular weight excluding hydrogens is 340 g/mol. The van der Waals surface area contributed by atoms with Gasteiger partial charge in [-0.15, -0.1) is 10.2 Å². The standard InChI is InChI=1S/C17H22N4O3S/c1-20-15(11-24-14-7-5-6-13(10-14)23-2)18-19-17(20)25-12-16(22)21-8-3-4-9-21/h5-7,10H,3-4,8-9,11-12H2,1-2H3. The highest BCUT2D eigenvalue weighted by Gasteiger charge is 2.19. The second-order valence-electron chi connectivity index (χ2n) is 5.80. The van der Waals surface area contributed by atoms with E-state index in [1.54, 1.807) is 7.11 Å². The first kappa shape index (κ1) is 17.6. The normalized spacial score (nSPS) is 13.9. The predicted molar refractivity (Wildman–Crippen MR) is 94.9 cm³/mol. The quantitative estimate of drug-likeness (QED) is 0.703. The molecular formula is C17H22N4O3S. The minimum Gasteiger partial charge on any atom is -0.497 e. The molecule has 1 aliphatic rings. The second kappa shape index (κ2) is 8.24. The molecule has 0 saturated carbocycles. The molecule has 2 heterocycles. The summed E-state index contributed by atoms with van der Waals surface area (Å²) in [6.07, 6.45) is 2.21. The molecule has 1 fully saturated rings. The average molecular weight is 362 g/mol. The van der Waals surface area contributed by atoms with Crippen LogP contribution in [-0.4, -0.2) is 51.5 Å². The number of hydrogen-bond donors (Lipinski definition) is 0. The fourth-order valence-electron chi connectivity index (χ4n) is 2.62. The van der Waals surface area contributed by atoms with Gasteiger partial charge >= 0.3 is 0 Å². The van der Waals surface area contributed by atoms with Gasteiger partial charge in [-0.1, -0.05) is 17.8 Å². The summed E-state index contributed by atoms with van der Waals surface area (Å²) in [7, 11) is 3.50. The van der Waals surface area contributed by atoms with E-state index in [1.165, 1.54) is 11.8 Å². The van der Waals surface area contributed by atoms with Crippen molar-refractivity contribution in [1.29, 1.82) is 0 Å². The van der Waals surface area contributed by atoms with Gasteiger partial charge in [0.2, 0.25) is 5.91 Å². The van der Waals surface area contributed by atoms with Gasteiger partial charge < -0.3 is 18.9 Å². The van der Waals surface area contributed by atoms with Crippen LogP contribution in [0.2, 0.25) is 0 Å². The molecule has 0 spiro atoms. The number of carbonyl (C=O) groups excluding carboxylic acids is 1. The zero-order valence-electron chi connectivity index (χ0n) is 14.5. The summed E-state index contributed by atoms with van der Waals surface area (Å²) in [4.78, 5) is 14.0. The maximum atomic E-state index is 12.1. The molecule has 1 aromatic heterocycles.